The third-order valence-corrected chi connectivity index (χ3v) is 8.58. The number of nitrogens with one attached hydrogen (secondary N) is 2. The van der Waals surface area contributed by atoms with Crippen LogP contribution in [0.2, 0.25) is 0 Å². The number of aliphatic hydroxyl groups is 1. The number of ether oxygens (including phenoxy) is 4. The minimum atomic E-state index is -1.07. The van der Waals surface area contributed by atoms with Crippen LogP contribution in [-0.2, 0) is 26.4 Å². The van der Waals surface area contributed by atoms with Crippen LogP contribution in [0.3, 0.4) is 0 Å². The molecule has 1 fully saturated rings. The molecule has 1 aliphatic rings. The fraction of sp³-hybridized carbons (Fsp3) is 0.333. The number of carbonyl (C=O) groups excluding carboxylic acids is 1. The molecule has 250 valence electrons. The van der Waals surface area contributed by atoms with E-state index in [0.717, 1.165) is 16.7 Å². The van der Waals surface area contributed by atoms with Crippen LogP contribution in [0, 0.1) is 5.92 Å². The first-order valence-corrected chi connectivity index (χ1v) is 15.8. The van der Waals surface area contributed by atoms with Gasteiger partial charge in [-0.25, -0.2) is 4.98 Å². The summed E-state index contributed by atoms with van der Waals surface area (Å²) in [6.07, 6.45) is -0.0521. The summed E-state index contributed by atoms with van der Waals surface area (Å²) < 4.78 is 25.9. The standard InChI is InChI=1S/C36H39N5O7/c1-22(2)33(43)39-35-38-32-31(34(44)40-35)37-21-41(32)19-28-18-29(42)30(48-28)20-47-36(23-8-6-5-7-9-23,24-10-14-26(45-3)15-11-24)25-12-16-27(46-4)17-13-25/h5-17,21-22,28-30,42H,18-20H2,1-4H3,(H2,38,39,40,43,44)/t28-,29+,30-/m1/s1. The van der Waals surface area contributed by atoms with E-state index in [0.29, 0.717) is 23.6 Å². The molecule has 6 rings (SSSR count). The van der Waals surface area contributed by atoms with Crippen LogP contribution in [0.5, 0.6) is 11.5 Å². The van der Waals surface area contributed by atoms with Gasteiger partial charge in [-0.2, -0.15) is 4.98 Å². The highest BCUT2D eigenvalue weighted by Gasteiger charge is 2.41. The van der Waals surface area contributed by atoms with E-state index in [2.05, 4.69) is 20.3 Å². The van der Waals surface area contributed by atoms with Gasteiger partial charge in [0.05, 0.1) is 45.9 Å². The molecule has 0 bridgehead atoms. The Bertz CT molecular complexity index is 1860. The summed E-state index contributed by atoms with van der Waals surface area (Å²) in [7, 11) is 3.25. The lowest BCUT2D eigenvalue weighted by Crippen LogP contribution is -2.38. The Hall–Kier alpha value is -5.04. The van der Waals surface area contributed by atoms with Gasteiger partial charge < -0.3 is 28.6 Å². The number of methoxy groups -OCH3 is 2. The van der Waals surface area contributed by atoms with Gasteiger partial charge in [0.1, 0.15) is 23.2 Å². The molecule has 5 aromatic rings. The van der Waals surface area contributed by atoms with Crippen molar-refractivity contribution in [3.8, 4) is 11.5 Å². The topological polar surface area (TPSA) is 150 Å². The summed E-state index contributed by atoms with van der Waals surface area (Å²) in [4.78, 5) is 36.2. The Kier molecular flexibility index (Phi) is 9.58. The zero-order valence-corrected chi connectivity index (χ0v) is 27.3. The molecule has 0 aliphatic carbocycles. The molecule has 48 heavy (non-hydrogen) atoms. The van der Waals surface area contributed by atoms with Crippen molar-refractivity contribution in [2.24, 2.45) is 5.92 Å². The number of imidazole rings is 1. The molecular weight excluding hydrogens is 614 g/mol. The molecule has 3 aromatic carbocycles. The van der Waals surface area contributed by atoms with Gasteiger partial charge in [0.15, 0.2) is 11.2 Å². The molecule has 1 aliphatic heterocycles. The van der Waals surface area contributed by atoms with Crippen molar-refractivity contribution >= 4 is 23.0 Å². The average Bonchev–Trinajstić information content (AvgIpc) is 3.68. The van der Waals surface area contributed by atoms with Crippen molar-refractivity contribution in [2.45, 2.75) is 50.7 Å². The van der Waals surface area contributed by atoms with Gasteiger partial charge in [0, 0.05) is 12.3 Å². The van der Waals surface area contributed by atoms with Crippen LogP contribution < -0.4 is 20.3 Å². The first-order chi connectivity index (χ1) is 23.2. The number of nitrogens with zero attached hydrogens (tertiary/aromatic N) is 3. The minimum absolute atomic E-state index is 0.0425. The van der Waals surface area contributed by atoms with Gasteiger partial charge >= 0.3 is 0 Å². The molecular formula is C36H39N5O7. The SMILES string of the molecule is COc1ccc(C(OC[C@H]2O[C@@H](Cn3cnc4c(=O)[nH]c(NC(=O)C(C)C)nc43)C[C@@H]2O)(c2ccccc2)c2ccc(OC)cc2)cc1. The Morgan fingerprint density at radius 1 is 1.00 bits per heavy atom. The highest BCUT2D eigenvalue weighted by Crippen LogP contribution is 2.42. The summed E-state index contributed by atoms with van der Waals surface area (Å²) in [5.41, 5.74) is 1.54. The molecule has 2 aromatic heterocycles. The van der Waals surface area contributed by atoms with Gasteiger partial charge in [-0.05, 0) is 41.0 Å². The van der Waals surface area contributed by atoms with E-state index < -0.39 is 29.5 Å². The maximum Gasteiger partial charge on any atom is 0.280 e. The molecule has 12 heteroatoms. The largest absolute Gasteiger partial charge is 0.497 e. The summed E-state index contributed by atoms with van der Waals surface area (Å²) >= 11 is 0. The second-order valence-electron chi connectivity index (χ2n) is 12.0. The minimum Gasteiger partial charge on any atom is -0.497 e. The molecule has 1 amide bonds. The van der Waals surface area contributed by atoms with Crippen LogP contribution in [0.25, 0.3) is 11.2 Å². The number of aromatic nitrogens is 4. The number of hydrogen-bond donors (Lipinski definition) is 3. The molecule has 3 heterocycles. The third-order valence-electron chi connectivity index (χ3n) is 8.58. The highest BCUT2D eigenvalue weighted by molar-refractivity contribution is 5.91. The quantitative estimate of drug-likeness (QED) is 0.168. The number of aromatic amines is 1. The van der Waals surface area contributed by atoms with E-state index >= 15 is 0 Å². The Morgan fingerprint density at radius 2 is 1.60 bits per heavy atom. The van der Waals surface area contributed by atoms with E-state index in [-0.39, 0.29) is 36.4 Å². The normalized spacial score (nSPS) is 17.9. The van der Waals surface area contributed by atoms with E-state index in [1.54, 1.807) is 32.6 Å². The lowest BCUT2D eigenvalue weighted by molar-refractivity contribution is -0.118. The Balaban J connectivity index is 1.28. The summed E-state index contributed by atoms with van der Waals surface area (Å²) in [5, 5.41) is 13.8. The zero-order valence-electron chi connectivity index (χ0n) is 27.3. The number of aliphatic hydroxyl groups excluding tert-OH is 1. The van der Waals surface area contributed by atoms with E-state index in [1.807, 2.05) is 78.9 Å². The van der Waals surface area contributed by atoms with Crippen molar-refractivity contribution in [1.82, 2.24) is 19.5 Å². The van der Waals surface area contributed by atoms with Crippen molar-refractivity contribution in [1.29, 1.82) is 0 Å². The van der Waals surface area contributed by atoms with Gasteiger partial charge in [0.2, 0.25) is 11.9 Å². The highest BCUT2D eigenvalue weighted by atomic mass is 16.6. The number of anilines is 1. The maximum atomic E-state index is 12.7. The van der Waals surface area contributed by atoms with Crippen molar-refractivity contribution in [2.75, 3.05) is 26.1 Å². The monoisotopic (exact) mass is 653 g/mol. The second kappa shape index (κ2) is 14.0. The Morgan fingerprint density at radius 3 is 2.19 bits per heavy atom. The molecule has 1 saturated heterocycles. The van der Waals surface area contributed by atoms with Crippen LogP contribution >= 0.6 is 0 Å². The van der Waals surface area contributed by atoms with Gasteiger partial charge in [-0.3, -0.25) is 19.9 Å². The zero-order chi connectivity index (χ0) is 33.8. The number of rotatable bonds is 12. The van der Waals surface area contributed by atoms with Crippen LogP contribution in [-0.4, -0.2) is 69.7 Å². The number of carbonyl (C=O) groups is 1. The summed E-state index contributed by atoms with van der Waals surface area (Å²) in [5.74, 6) is 0.903. The van der Waals surface area contributed by atoms with E-state index in [4.69, 9.17) is 18.9 Å². The molecule has 0 unspecified atom stereocenters. The first kappa shape index (κ1) is 32.9. The number of H-pyrrole nitrogens is 1. The first-order valence-electron chi connectivity index (χ1n) is 15.8. The van der Waals surface area contributed by atoms with Crippen molar-refractivity contribution in [3.05, 3.63) is 112 Å². The average molecular weight is 654 g/mol. The van der Waals surface area contributed by atoms with Crippen LogP contribution in [0.1, 0.15) is 37.0 Å². The molecule has 12 nitrogen and oxygen atoms in total. The lowest BCUT2D eigenvalue weighted by atomic mass is 9.80. The summed E-state index contributed by atoms with van der Waals surface area (Å²) in [6, 6.07) is 25.4. The molecule has 0 saturated carbocycles. The smallest absolute Gasteiger partial charge is 0.280 e. The maximum absolute atomic E-state index is 12.7. The van der Waals surface area contributed by atoms with E-state index in [9.17, 15) is 14.7 Å². The Labute approximate surface area is 277 Å². The third kappa shape index (κ3) is 6.55. The number of benzene rings is 3. The van der Waals surface area contributed by atoms with Gasteiger partial charge in [0.25, 0.3) is 5.56 Å². The van der Waals surface area contributed by atoms with Crippen LogP contribution in [0.4, 0.5) is 5.95 Å². The molecule has 3 N–H and O–H groups in total. The molecule has 0 spiro atoms. The van der Waals surface area contributed by atoms with E-state index in [1.165, 1.54) is 6.33 Å². The lowest BCUT2D eigenvalue weighted by Gasteiger charge is -2.37. The van der Waals surface area contributed by atoms with Gasteiger partial charge in [-0.1, -0.05) is 68.4 Å². The predicted octanol–water partition coefficient (Wildman–Crippen LogP) is 4.26. The fourth-order valence-electron chi connectivity index (χ4n) is 5.99. The second-order valence-corrected chi connectivity index (χ2v) is 12.0. The van der Waals surface area contributed by atoms with Crippen molar-refractivity contribution < 1.29 is 28.8 Å². The molecule has 3 atom stereocenters. The summed E-state index contributed by atoms with van der Waals surface area (Å²) in [6.45, 7) is 3.84. The fourth-order valence-corrected chi connectivity index (χ4v) is 5.99. The number of amides is 1. The number of fused-ring (bicyclic) bond motifs is 1. The predicted molar refractivity (Wildman–Crippen MR) is 179 cm³/mol. The number of hydrogen-bond acceptors (Lipinski definition) is 9. The van der Waals surface area contributed by atoms with Crippen molar-refractivity contribution in [3.63, 3.8) is 0 Å². The van der Waals surface area contributed by atoms with Crippen LogP contribution in [0.15, 0.2) is 90.0 Å². The molecule has 0 radical (unpaired) electrons. The van der Waals surface area contributed by atoms with Gasteiger partial charge in [-0.15, -0.1) is 0 Å².